The fourth-order valence-electron chi connectivity index (χ4n) is 1.76. The first kappa shape index (κ1) is 13.0. The summed E-state index contributed by atoms with van der Waals surface area (Å²) in [5.74, 6) is 1.30. The van der Waals surface area contributed by atoms with Crippen LogP contribution in [0.5, 0.6) is 0 Å². The van der Waals surface area contributed by atoms with E-state index in [9.17, 15) is 0 Å². The van der Waals surface area contributed by atoms with Crippen molar-refractivity contribution in [3.8, 4) is 0 Å². The number of nitrogen functional groups attached to an aromatic ring is 1. The van der Waals surface area contributed by atoms with E-state index in [2.05, 4.69) is 37.7 Å². The molecule has 92 valence electrons. The fourth-order valence-corrected chi connectivity index (χ4v) is 1.76. The van der Waals surface area contributed by atoms with E-state index in [1.54, 1.807) is 0 Å². The lowest BCUT2D eigenvalue weighted by Crippen LogP contribution is -2.36. The molecule has 0 amide bonds. The number of nitrogens with two attached hydrogens (primary N) is 1. The predicted octanol–water partition coefficient (Wildman–Crippen LogP) is 1.83. The molecule has 0 radical (unpaired) electrons. The van der Waals surface area contributed by atoms with Crippen LogP contribution in [0.4, 0.5) is 5.82 Å². The van der Waals surface area contributed by atoms with Crippen LogP contribution < -0.4 is 5.73 Å². The third kappa shape index (κ3) is 4.23. The maximum absolute atomic E-state index is 5.58. The van der Waals surface area contributed by atoms with E-state index < -0.39 is 0 Å². The SMILES string of the molecule is CC(C)CN(CCn1ccc(N)n1)C(C)C. The molecule has 0 unspecified atom stereocenters. The molecule has 4 nitrogen and oxygen atoms in total. The molecular weight excluding hydrogens is 200 g/mol. The van der Waals surface area contributed by atoms with Crippen molar-refractivity contribution < 1.29 is 0 Å². The molecule has 1 rings (SSSR count). The Balaban J connectivity index is 2.43. The lowest BCUT2D eigenvalue weighted by atomic mass is 10.2. The second-order valence-corrected chi connectivity index (χ2v) is 4.99. The molecule has 2 N–H and O–H groups in total. The van der Waals surface area contributed by atoms with Gasteiger partial charge in [0, 0.05) is 25.3 Å². The molecule has 0 saturated carbocycles. The summed E-state index contributed by atoms with van der Waals surface area (Å²) in [5, 5.41) is 4.19. The highest BCUT2D eigenvalue weighted by atomic mass is 15.3. The zero-order valence-electron chi connectivity index (χ0n) is 10.8. The van der Waals surface area contributed by atoms with Gasteiger partial charge in [-0.15, -0.1) is 0 Å². The van der Waals surface area contributed by atoms with Gasteiger partial charge in [-0.25, -0.2) is 0 Å². The Morgan fingerprint density at radius 1 is 1.38 bits per heavy atom. The van der Waals surface area contributed by atoms with E-state index in [4.69, 9.17) is 5.73 Å². The van der Waals surface area contributed by atoms with Gasteiger partial charge in [-0.2, -0.15) is 5.10 Å². The highest BCUT2D eigenvalue weighted by molar-refractivity contribution is 5.23. The molecule has 0 spiro atoms. The Morgan fingerprint density at radius 3 is 2.50 bits per heavy atom. The Kier molecular flexibility index (Phi) is 4.80. The number of nitrogens with zero attached hydrogens (tertiary/aromatic N) is 3. The average molecular weight is 224 g/mol. The number of aromatic nitrogens is 2. The van der Waals surface area contributed by atoms with Gasteiger partial charge in [-0.05, 0) is 25.8 Å². The third-order valence-electron chi connectivity index (χ3n) is 2.61. The van der Waals surface area contributed by atoms with Crippen molar-refractivity contribution in [3.63, 3.8) is 0 Å². The largest absolute Gasteiger partial charge is 0.382 e. The second kappa shape index (κ2) is 5.89. The smallest absolute Gasteiger partial charge is 0.145 e. The van der Waals surface area contributed by atoms with Crippen molar-refractivity contribution in [2.24, 2.45) is 5.92 Å². The van der Waals surface area contributed by atoms with Crippen LogP contribution in [-0.4, -0.2) is 33.8 Å². The van der Waals surface area contributed by atoms with Crippen LogP contribution in [0.1, 0.15) is 27.7 Å². The van der Waals surface area contributed by atoms with Gasteiger partial charge in [0.1, 0.15) is 5.82 Å². The van der Waals surface area contributed by atoms with Gasteiger partial charge in [0.2, 0.25) is 0 Å². The molecular formula is C12H24N4. The van der Waals surface area contributed by atoms with E-state index >= 15 is 0 Å². The van der Waals surface area contributed by atoms with E-state index in [1.165, 1.54) is 0 Å². The van der Waals surface area contributed by atoms with Gasteiger partial charge in [0.15, 0.2) is 0 Å². The molecule has 0 atom stereocenters. The van der Waals surface area contributed by atoms with Crippen LogP contribution in [0.15, 0.2) is 12.3 Å². The summed E-state index contributed by atoms with van der Waals surface area (Å²) in [4.78, 5) is 2.47. The first-order valence-electron chi connectivity index (χ1n) is 6.02. The van der Waals surface area contributed by atoms with Crippen LogP contribution in [-0.2, 0) is 6.54 Å². The van der Waals surface area contributed by atoms with Crippen molar-refractivity contribution in [3.05, 3.63) is 12.3 Å². The number of rotatable bonds is 6. The first-order chi connectivity index (χ1) is 7.49. The van der Waals surface area contributed by atoms with E-state index in [-0.39, 0.29) is 0 Å². The number of hydrogen-bond acceptors (Lipinski definition) is 3. The van der Waals surface area contributed by atoms with Crippen molar-refractivity contribution in [1.82, 2.24) is 14.7 Å². The van der Waals surface area contributed by atoms with Gasteiger partial charge in [-0.1, -0.05) is 13.8 Å². The molecule has 1 aromatic heterocycles. The van der Waals surface area contributed by atoms with Crippen molar-refractivity contribution in [2.45, 2.75) is 40.3 Å². The molecule has 0 aromatic carbocycles. The summed E-state index contributed by atoms with van der Waals surface area (Å²) in [7, 11) is 0. The normalized spacial score (nSPS) is 11.9. The minimum atomic E-state index is 0.579. The summed E-state index contributed by atoms with van der Waals surface area (Å²) in [6.07, 6.45) is 1.93. The highest BCUT2D eigenvalue weighted by Gasteiger charge is 2.11. The zero-order chi connectivity index (χ0) is 12.1. The van der Waals surface area contributed by atoms with Crippen molar-refractivity contribution in [2.75, 3.05) is 18.8 Å². The van der Waals surface area contributed by atoms with Crippen LogP contribution in [0, 0.1) is 5.92 Å². The fraction of sp³-hybridized carbons (Fsp3) is 0.750. The van der Waals surface area contributed by atoms with Crippen LogP contribution in [0.25, 0.3) is 0 Å². The summed E-state index contributed by atoms with van der Waals surface area (Å²) in [6, 6.07) is 2.41. The predicted molar refractivity (Wildman–Crippen MR) is 68.2 cm³/mol. The van der Waals surface area contributed by atoms with E-state index in [1.807, 2.05) is 16.9 Å². The maximum atomic E-state index is 5.58. The van der Waals surface area contributed by atoms with Crippen LogP contribution in [0.3, 0.4) is 0 Å². The molecule has 0 aliphatic heterocycles. The van der Waals surface area contributed by atoms with Gasteiger partial charge < -0.3 is 5.73 Å². The molecule has 0 aliphatic rings. The first-order valence-corrected chi connectivity index (χ1v) is 6.02. The van der Waals surface area contributed by atoms with Crippen LogP contribution in [0.2, 0.25) is 0 Å². The lowest BCUT2D eigenvalue weighted by molar-refractivity contribution is 0.188. The number of anilines is 1. The molecule has 0 aliphatic carbocycles. The molecule has 16 heavy (non-hydrogen) atoms. The second-order valence-electron chi connectivity index (χ2n) is 4.99. The van der Waals surface area contributed by atoms with Gasteiger partial charge >= 0.3 is 0 Å². The van der Waals surface area contributed by atoms with E-state index in [0.717, 1.165) is 19.6 Å². The summed E-state index contributed by atoms with van der Waals surface area (Å²) >= 11 is 0. The summed E-state index contributed by atoms with van der Waals surface area (Å²) in [6.45, 7) is 12.0. The quantitative estimate of drug-likeness (QED) is 0.802. The standard InChI is InChI=1S/C12H24N4/c1-10(2)9-15(11(3)4)7-8-16-6-5-12(13)14-16/h5-6,10-11H,7-9H2,1-4H3,(H2,13,14). The molecule has 1 aromatic rings. The van der Waals surface area contributed by atoms with Crippen LogP contribution >= 0.6 is 0 Å². The highest BCUT2D eigenvalue weighted by Crippen LogP contribution is 2.05. The average Bonchev–Trinajstić information content (AvgIpc) is 2.58. The maximum Gasteiger partial charge on any atom is 0.145 e. The van der Waals surface area contributed by atoms with Crippen molar-refractivity contribution >= 4 is 5.82 Å². The third-order valence-corrected chi connectivity index (χ3v) is 2.61. The zero-order valence-corrected chi connectivity index (χ0v) is 10.8. The van der Waals surface area contributed by atoms with Crippen molar-refractivity contribution in [1.29, 1.82) is 0 Å². The Labute approximate surface area is 98.4 Å². The molecule has 1 heterocycles. The molecule has 4 heteroatoms. The Morgan fingerprint density at radius 2 is 2.06 bits per heavy atom. The number of hydrogen-bond donors (Lipinski definition) is 1. The molecule has 0 saturated heterocycles. The molecule has 0 bridgehead atoms. The summed E-state index contributed by atoms with van der Waals surface area (Å²) < 4.78 is 1.91. The summed E-state index contributed by atoms with van der Waals surface area (Å²) in [5.41, 5.74) is 5.58. The Bertz CT molecular complexity index is 304. The van der Waals surface area contributed by atoms with Gasteiger partial charge in [0.25, 0.3) is 0 Å². The van der Waals surface area contributed by atoms with Gasteiger partial charge in [-0.3, -0.25) is 9.58 Å². The molecule has 0 fully saturated rings. The van der Waals surface area contributed by atoms with Gasteiger partial charge in [0.05, 0.1) is 6.54 Å². The van der Waals surface area contributed by atoms with E-state index in [0.29, 0.717) is 17.8 Å². The minimum absolute atomic E-state index is 0.579. The monoisotopic (exact) mass is 224 g/mol. The Hall–Kier alpha value is -1.03. The lowest BCUT2D eigenvalue weighted by Gasteiger charge is -2.28. The minimum Gasteiger partial charge on any atom is -0.382 e. The topological polar surface area (TPSA) is 47.1 Å².